The maximum absolute atomic E-state index is 13.1. The Morgan fingerprint density at radius 2 is 2.12 bits per heavy atom. The molecule has 0 spiro atoms. The molecular weight excluding hydrogens is 326 g/mol. The molecular formula is C21H29N3O2. The second kappa shape index (κ2) is 6.71. The second-order valence-corrected chi connectivity index (χ2v) is 8.16. The zero-order chi connectivity index (χ0) is 18.3. The topological polar surface area (TPSA) is 59.6 Å². The molecule has 0 radical (unpaired) electrons. The molecule has 0 aliphatic carbocycles. The summed E-state index contributed by atoms with van der Waals surface area (Å²) in [6, 6.07) is 8.45. The van der Waals surface area contributed by atoms with Gasteiger partial charge in [0.15, 0.2) is 0 Å². The van der Waals surface area contributed by atoms with E-state index in [1.165, 1.54) is 0 Å². The summed E-state index contributed by atoms with van der Waals surface area (Å²) in [5.74, 6) is 0.198. The zero-order valence-corrected chi connectivity index (χ0v) is 15.8. The summed E-state index contributed by atoms with van der Waals surface area (Å²) in [7, 11) is 2.13. The average molecular weight is 355 g/mol. The number of piperidine rings is 2. The normalized spacial score (nSPS) is 26.9. The van der Waals surface area contributed by atoms with Gasteiger partial charge in [-0.15, -0.1) is 0 Å². The molecule has 1 aromatic heterocycles. The molecule has 2 aliphatic heterocycles. The number of carbonyl (C=O) groups is 1. The molecule has 1 amide bonds. The number of aliphatic hydroxyl groups excluding tert-OH is 1. The monoisotopic (exact) mass is 355 g/mol. The number of aromatic nitrogens is 1. The molecule has 1 aromatic carbocycles. The zero-order valence-electron chi connectivity index (χ0n) is 15.8. The van der Waals surface area contributed by atoms with Gasteiger partial charge in [-0.2, -0.15) is 0 Å². The quantitative estimate of drug-likeness (QED) is 0.888. The molecule has 140 valence electrons. The molecule has 4 rings (SSSR count). The summed E-state index contributed by atoms with van der Waals surface area (Å²) in [5, 5.41) is 11.2. The molecule has 2 aromatic rings. The minimum Gasteiger partial charge on any atom is -0.396 e. The molecule has 5 nitrogen and oxygen atoms in total. The van der Waals surface area contributed by atoms with Gasteiger partial charge in [0.05, 0.1) is 13.0 Å². The first-order chi connectivity index (χ1) is 12.5. The number of H-pyrrole nitrogens is 1. The Morgan fingerprint density at radius 3 is 2.92 bits per heavy atom. The Labute approximate surface area is 155 Å². The van der Waals surface area contributed by atoms with Crippen LogP contribution in [-0.2, 0) is 11.2 Å². The van der Waals surface area contributed by atoms with Gasteiger partial charge in [-0.05, 0) is 51.4 Å². The van der Waals surface area contributed by atoms with E-state index in [9.17, 15) is 9.90 Å². The van der Waals surface area contributed by atoms with Crippen LogP contribution in [0.1, 0.15) is 30.5 Å². The lowest BCUT2D eigenvalue weighted by atomic mass is 9.69. The van der Waals surface area contributed by atoms with Gasteiger partial charge in [0.25, 0.3) is 0 Å². The number of aryl methyl sites for hydroxylation is 1. The number of likely N-dealkylation sites (N-methyl/N-ethyl adjacent to an activating group) is 1. The van der Waals surface area contributed by atoms with Crippen molar-refractivity contribution in [3.05, 3.63) is 35.5 Å². The minimum absolute atomic E-state index is 0.0273. The van der Waals surface area contributed by atoms with Crippen molar-refractivity contribution < 1.29 is 9.90 Å². The molecule has 3 heterocycles. The number of hydrogen-bond donors (Lipinski definition) is 2. The van der Waals surface area contributed by atoms with Gasteiger partial charge in [-0.25, -0.2) is 0 Å². The molecule has 0 unspecified atom stereocenters. The highest BCUT2D eigenvalue weighted by Gasteiger charge is 2.47. The number of benzene rings is 1. The van der Waals surface area contributed by atoms with Gasteiger partial charge >= 0.3 is 0 Å². The first-order valence-corrected chi connectivity index (χ1v) is 9.69. The maximum Gasteiger partial charge on any atom is 0.227 e. The average Bonchev–Trinajstić information content (AvgIpc) is 2.97. The number of aliphatic hydroxyl groups is 1. The third kappa shape index (κ3) is 2.83. The van der Waals surface area contributed by atoms with Crippen LogP contribution in [0.25, 0.3) is 10.9 Å². The summed E-state index contributed by atoms with van der Waals surface area (Å²) in [6.45, 7) is 4.81. The Hall–Kier alpha value is -1.85. The fourth-order valence-electron chi connectivity index (χ4n) is 5.07. The van der Waals surface area contributed by atoms with E-state index in [0.29, 0.717) is 6.42 Å². The van der Waals surface area contributed by atoms with Gasteiger partial charge in [0.2, 0.25) is 5.91 Å². The van der Waals surface area contributed by atoms with Crippen molar-refractivity contribution >= 4 is 16.8 Å². The van der Waals surface area contributed by atoms with Crippen LogP contribution < -0.4 is 0 Å². The molecule has 2 N–H and O–H groups in total. The minimum atomic E-state index is -0.0273. The number of carbonyl (C=O) groups excluding carboxylic acids is 1. The predicted molar refractivity (Wildman–Crippen MR) is 103 cm³/mol. The number of fused-ring (bicyclic) bond motifs is 2. The molecule has 2 aliphatic rings. The number of likely N-dealkylation sites (tertiary alicyclic amines) is 2. The van der Waals surface area contributed by atoms with E-state index in [4.69, 9.17) is 0 Å². The van der Waals surface area contributed by atoms with Crippen LogP contribution in [-0.4, -0.2) is 65.1 Å². The van der Waals surface area contributed by atoms with E-state index in [1.807, 2.05) is 24.0 Å². The van der Waals surface area contributed by atoms with E-state index in [-0.39, 0.29) is 24.0 Å². The predicted octanol–water partition coefficient (Wildman–Crippen LogP) is 2.32. The lowest BCUT2D eigenvalue weighted by Gasteiger charge is -2.53. The Balaban J connectivity index is 1.53. The molecule has 5 heteroatoms. The first kappa shape index (κ1) is 17.6. The first-order valence-electron chi connectivity index (χ1n) is 9.69. The highest BCUT2D eigenvalue weighted by molar-refractivity contribution is 5.90. The fraction of sp³-hybridized carbons (Fsp3) is 0.571. The highest BCUT2D eigenvalue weighted by atomic mass is 16.3. The van der Waals surface area contributed by atoms with Crippen molar-refractivity contribution in [2.75, 3.05) is 33.3 Å². The number of hydrogen-bond acceptors (Lipinski definition) is 3. The largest absolute Gasteiger partial charge is 0.396 e. The molecule has 0 bridgehead atoms. The van der Waals surface area contributed by atoms with Crippen molar-refractivity contribution in [3.8, 4) is 0 Å². The highest BCUT2D eigenvalue weighted by Crippen LogP contribution is 2.41. The number of nitrogens with one attached hydrogen (secondary N) is 1. The number of amides is 1. The number of nitrogens with zero attached hydrogens (tertiary/aromatic N) is 2. The summed E-state index contributed by atoms with van der Waals surface area (Å²) >= 11 is 0. The van der Waals surface area contributed by atoms with Gasteiger partial charge in [0, 0.05) is 41.1 Å². The summed E-state index contributed by atoms with van der Waals surface area (Å²) in [4.78, 5) is 20.8. The molecule has 2 atom stereocenters. The van der Waals surface area contributed by atoms with Gasteiger partial charge in [-0.1, -0.05) is 18.2 Å². The lowest BCUT2D eigenvalue weighted by Crippen LogP contribution is -2.62. The Kier molecular flexibility index (Phi) is 4.53. The van der Waals surface area contributed by atoms with Gasteiger partial charge in [0.1, 0.15) is 0 Å². The SMILES string of the molecule is Cc1[nH]c2ccccc2c1CC(=O)N1CC[C@@]2(CO)CCCN(C)[C@@H]2C1. The van der Waals surface area contributed by atoms with Crippen LogP contribution in [0, 0.1) is 12.3 Å². The Bertz CT molecular complexity index is 815. The third-order valence-electron chi connectivity index (χ3n) is 6.72. The van der Waals surface area contributed by atoms with Crippen LogP contribution in [0.15, 0.2) is 24.3 Å². The fourth-order valence-corrected chi connectivity index (χ4v) is 5.07. The van der Waals surface area contributed by atoms with Gasteiger partial charge < -0.3 is 19.9 Å². The van der Waals surface area contributed by atoms with E-state index in [2.05, 4.69) is 29.1 Å². The number of rotatable bonds is 3. The van der Waals surface area contributed by atoms with Gasteiger partial charge in [-0.3, -0.25) is 4.79 Å². The molecule has 0 saturated carbocycles. The molecule has 26 heavy (non-hydrogen) atoms. The van der Waals surface area contributed by atoms with Crippen molar-refractivity contribution in [1.82, 2.24) is 14.8 Å². The third-order valence-corrected chi connectivity index (χ3v) is 6.72. The van der Waals surface area contributed by atoms with E-state index >= 15 is 0 Å². The lowest BCUT2D eigenvalue weighted by molar-refractivity contribution is -0.139. The van der Waals surface area contributed by atoms with Crippen LogP contribution in [0.5, 0.6) is 0 Å². The van der Waals surface area contributed by atoms with Crippen LogP contribution in [0.4, 0.5) is 0 Å². The summed E-state index contributed by atoms with van der Waals surface area (Å²) in [5.41, 5.74) is 3.26. The smallest absolute Gasteiger partial charge is 0.227 e. The number of aromatic amines is 1. The summed E-state index contributed by atoms with van der Waals surface area (Å²) < 4.78 is 0. The molecule has 2 saturated heterocycles. The second-order valence-electron chi connectivity index (χ2n) is 8.16. The van der Waals surface area contributed by atoms with E-state index < -0.39 is 0 Å². The van der Waals surface area contributed by atoms with Crippen molar-refractivity contribution in [1.29, 1.82) is 0 Å². The van der Waals surface area contributed by atoms with E-state index in [1.54, 1.807) is 0 Å². The number of para-hydroxylation sites is 1. The summed E-state index contributed by atoms with van der Waals surface area (Å²) in [6.07, 6.45) is 3.55. The van der Waals surface area contributed by atoms with Crippen molar-refractivity contribution in [2.24, 2.45) is 5.41 Å². The van der Waals surface area contributed by atoms with E-state index in [0.717, 1.165) is 61.1 Å². The van der Waals surface area contributed by atoms with Crippen molar-refractivity contribution in [3.63, 3.8) is 0 Å². The standard InChI is InChI=1S/C21H29N3O2/c1-15-17(16-6-3-4-7-18(16)22-15)12-20(26)24-11-9-21(14-25)8-5-10-23(2)19(21)13-24/h3-4,6-7,19,22,25H,5,8-14H2,1-2H3/t19-,21-/m1/s1. The van der Waals surface area contributed by atoms with Crippen LogP contribution in [0.3, 0.4) is 0 Å². The Morgan fingerprint density at radius 1 is 1.31 bits per heavy atom. The van der Waals surface area contributed by atoms with Crippen molar-refractivity contribution in [2.45, 2.75) is 38.6 Å². The van der Waals surface area contributed by atoms with Crippen LogP contribution >= 0.6 is 0 Å². The van der Waals surface area contributed by atoms with Crippen LogP contribution in [0.2, 0.25) is 0 Å². The molecule has 2 fully saturated rings. The maximum atomic E-state index is 13.1.